The predicted molar refractivity (Wildman–Crippen MR) is 140 cm³/mol. The molecule has 1 spiro atoms. The van der Waals surface area contributed by atoms with E-state index >= 15 is 0 Å². The summed E-state index contributed by atoms with van der Waals surface area (Å²) in [5, 5.41) is 3.59. The van der Waals surface area contributed by atoms with Gasteiger partial charge in [0, 0.05) is 68.9 Å². The van der Waals surface area contributed by atoms with Crippen molar-refractivity contribution >= 4 is 5.91 Å². The maximum absolute atomic E-state index is 14.5. The van der Waals surface area contributed by atoms with Crippen LogP contribution in [0.5, 0.6) is 0 Å². The fraction of sp³-hybridized carbons (Fsp3) is 0.613. The highest BCUT2D eigenvalue weighted by molar-refractivity contribution is 5.82. The van der Waals surface area contributed by atoms with Gasteiger partial charge in [-0.3, -0.25) is 4.79 Å². The number of pyridine rings is 1. The van der Waals surface area contributed by atoms with E-state index in [0.29, 0.717) is 25.3 Å². The van der Waals surface area contributed by atoms with E-state index in [9.17, 15) is 13.6 Å². The van der Waals surface area contributed by atoms with Crippen molar-refractivity contribution in [1.29, 1.82) is 0 Å². The molecule has 3 fully saturated rings. The highest BCUT2D eigenvalue weighted by atomic mass is 19.3. The summed E-state index contributed by atoms with van der Waals surface area (Å²) in [6.07, 6.45) is 5.85. The Labute approximate surface area is 219 Å². The summed E-state index contributed by atoms with van der Waals surface area (Å²) < 4.78 is 28.2. The number of nitrogens with one attached hydrogen (secondary N) is 2. The summed E-state index contributed by atoms with van der Waals surface area (Å²) >= 11 is 0. The number of carbonyl (C=O) groups excluding carboxylic acids is 1. The molecule has 4 aliphatic rings. The maximum Gasteiger partial charge on any atom is 0.248 e. The zero-order chi connectivity index (χ0) is 25.6. The van der Waals surface area contributed by atoms with Gasteiger partial charge in [0.2, 0.25) is 11.8 Å². The highest BCUT2D eigenvalue weighted by Gasteiger charge is 2.54. The molecule has 0 radical (unpaired) electrons. The Kier molecular flexibility index (Phi) is 6.58. The van der Waals surface area contributed by atoms with Crippen LogP contribution in [0.25, 0.3) is 0 Å². The Balaban J connectivity index is 1.30. The van der Waals surface area contributed by atoms with Crippen molar-refractivity contribution in [2.45, 2.75) is 88.0 Å². The van der Waals surface area contributed by atoms with Crippen molar-refractivity contribution < 1.29 is 18.6 Å². The lowest BCUT2D eigenvalue weighted by atomic mass is 9.64. The van der Waals surface area contributed by atoms with Crippen molar-refractivity contribution in [1.82, 2.24) is 10.2 Å². The van der Waals surface area contributed by atoms with E-state index in [2.05, 4.69) is 58.5 Å². The number of fused-ring (bicyclic) bond motifs is 2. The summed E-state index contributed by atoms with van der Waals surface area (Å²) in [6, 6.07) is 15.0. The number of amides is 1. The molecule has 4 nitrogen and oxygen atoms in total. The van der Waals surface area contributed by atoms with Crippen molar-refractivity contribution in [3.05, 3.63) is 65.0 Å². The molecule has 3 heterocycles. The van der Waals surface area contributed by atoms with Gasteiger partial charge in [-0.25, -0.2) is 13.8 Å². The van der Waals surface area contributed by atoms with E-state index in [4.69, 9.17) is 0 Å². The first-order chi connectivity index (χ1) is 17.9. The van der Waals surface area contributed by atoms with Crippen molar-refractivity contribution in [2.75, 3.05) is 19.6 Å². The molecule has 1 amide bonds. The lowest BCUT2D eigenvalue weighted by Crippen LogP contribution is -2.55. The molecular formula is C31H40F2N3O+. The van der Waals surface area contributed by atoms with E-state index in [1.54, 1.807) is 0 Å². The van der Waals surface area contributed by atoms with Crippen molar-refractivity contribution in [3.63, 3.8) is 0 Å². The molecule has 0 unspecified atom stereocenters. The number of aryl methyl sites for hydroxylation is 2. The molecule has 1 aromatic carbocycles. The van der Waals surface area contributed by atoms with Crippen molar-refractivity contribution in [2.24, 2.45) is 11.8 Å². The zero-order valence-electron chi connectivity index (χ0n) is 21.9. The Morgan fingerprint density at radius 2 is 1.84 bits per heavy atom. The van der Waals surface area contributed by atoms with E-state index in [1.165, 1.54) is 16.8 Å². The monoisotopic (exact) mass is 508 g/mol. The van der Waals surface area contributed by atoms with Gasteiger partial charge in [0.05, 0.1) is 5.92 Å². The third kappa shape index (κ3) is 4.60. The molecule has 2 aromatic rings. The van der Waals surface area contributed by atoms with Crippen LogP contribution in [0.3, 0.4) is 0 Å². The quantitative estimate of drug-likeness (QED) is 0.619. The van der Waals surface area contributed by atoms with Crippen LogP contribution in [-0.4, -0.2) is 42.4 Å². The number of nitrogens with zero attached hydrogens (tertiary/aromatic N) is 1. The van der Waals surface area contributed by atoms with E-state index in [-0.39, 0.29) is 42.0 Å². The molecule has 1 saturated carbocycles. The van der Waals surface area contributed by atoms with Gasteiger partial charge in [-0.1, -0.05) is 30.3 Å². The van der Waals surface area contributed by atoms with E-state index < -0.39 is 5.92 Å². The first-order valence-corrected chi connectivity index (χ1v) is 14.3. The largest absolute Gasteiger partial charge is 0.339 e. The van der Waals surface area contributed by atoms with Gasteiger partial charge in [0.1, 0.15) is 0 Å². The number of halogens is 2. The van der Waals surface area contributed by atoms with E-state index in [1.807, 2.05) is 6.07 Å². The summed E-state index contributed by atoms with van der Waals surface area (Å²) in [5.41, 5.74) is 4.87. The smallest absolute Gasteiger partial charge is 0.248 e. The third-order valence-corrected chi connectivity index (χ3v) is 10.0. The first kappa shape index (κ1) is 25.0. The average Bonchev–Trinajstić information content (AvgIpc) is 3.32. The lowest BCUT2D eigenvalue weighted by Gasteiger charge is -2.48. The predicted octanol–water partition coefficient (Wildman–Crippen LogP) is 5.20. The number of aromatic amines is 1. The number of likely N-dealkylation sites (tertiary alicyclic amines) is 1. The molecule has 1 aromatic heterocycles. The van der Waals surface area contributed by atoms with Gasteiger partial charge in [-0.2, -0.15) is 0 Å². The average molecular weight is 509 g/mol. The minimum Gasteiger partial charge on any atom is -0.339 e. The molecule has 2 aliphatic heterocycles. The molecule has 6 rings (SSSR count). The van der Waals surface area contributed by atoms with Crippen LogP contribution in [-0.2, 0) is 16.6 Å². The van der Waals surface area contributed by atoms with Gasteiger partial charge >= 0.3 is 0 Å². The number of aromatic nitrogens is 1. The highest BCUT2D eigenvalue weighted by Crippen LogP contribution is 2.48. The molecule has 4 atom stereocenters. The number of piperidine rings is 1. The van der Waals surface area contributed by atoms with Crippen LogP contribution in [0, 0.1) is 18.8 Å². The standard InChI is InChI=1S/C31H39F2N3O/c1-21-9-10-25-27(35-21)8-5-14-30(25)20-34-19-26(30)29(37)36-17-13-24(22-6-3-2-4-7-22)18-28(36)23-11-15-31(32,33)16-12-23/h2-4,6-7,9-10,23-24,26,28,34H,5,8,11-20H2,1H3/p+1/t24-,26+,28+,30+/m1/s1. The second-order valence-corrected chi connectivity index (χ2v) is 12.2. The summed E-state index contributed by atoms with van der Waals surface area (Å²) in [6.45, 7) is 4.33. The molecule has 2 saturated heterocycles. The number of alkyl halides is 2. The number of hydrogen-bond acceptors (Lipinski definition) is 2. The first-order valence-electron chi connectivity index (χ1n) is 14.3. The Morgan fingerprint density at radius 3 is 2.62 bits per heavy atom. The van der Waals surface area contributed by atoms with Crippen LogP contribution in [0.15, 0.2) is 42.5 Å². The second-order valence-electron chi connectivity index (χ2n) is 12.2. The van der Waals surface area contributed by atoms with Crippen LogP contribution >= 0.6 is 0 Å². The molecule has 2 N–H and O–H groups in total. The van der Waals surface area contributed by atoms with Crippen LogP contribution in [0.4, 0.5) is 8.78 Å². The third-order valence-electron chi connectivity index (χ3n) is 10.0. The minimum absolute atomic E-state index is 0.0350. The molecule has 198 valence electrons. The minimum atomic E-state index is -2.56. The molecule has 0 bridgehead atoms. The lowest BCUT2D eigenvalue weighted by molar-refractivity contribution is -0.401. The number of benzene rings is 1. The Bertz CT molecular complexity index is 1130. The topological polar surface area (TPSA) is 46.5 Å². The molecule has 37 heavy (non-hydrogen) atoms. The van der Waals surface area contributed by atoms with E-state index in [0.717, 1.165) is 50.9 Å². The number of carbonyl (C=O) groups is 1. The van der Waals surface area contributed by atoms with Crippen molar-refractivity contribution in [3.8, 4) is 0 Å². The van der Waals surface area contributed by atoms with Gasteiger partial charge in [0.15, 0.2) is 11.4 Å². The maximum atomic E-state index is 14.5. The SMILES string of the molecule is Cc1ccc2c([nH+]1)CCC[C@]21CNC[C@H]1C(=O)N1CC[C@@H](c2ccccc2)C[C@H]1C1CCC(F)(F)CC1. The van der Waals surface area contributed by atoms with Gasteiger partial charge in [-0.05, 0) is 62.0 Å². The fourth-order valence-corrected chi connectivity index (χ4v) is 8.06. The normalized spacial score (nSPS) is 31.9. The van der Waals surface area contributed by atoms with Gasteiger partial charge < -0.3 is 10.2 Å². The zero-order valence-corrected chi connectivity index (χ0v) is 21.9. The summed E-state index contributed by atoms with van der Waals surface area (Å²) in [4.78, 5) is 20.2. The van der Waals surface area contributed by atoms with Crippen LogP contribution in [0.2, 0.25) is 0 Å². The Morgan fingerprint density at radius 1 is 1.05 bits per heavy atom. The molecule has 2 aliphatic carbocycles. The number of rotatable bonds is 3. The van der Waals surface area contributed by atoms with Crippen LogP contribution < -0.4 is 10.3 Å². The van der Waals surface area contributed by atoms with Crippen LogP contribution in [0.1, 0.15) is 79.8 Å². The summed E-state index contributed by atoms with van der Waals surface area (Å²) in [5.74, 6) is -1.90. The molecule has 6 heteroatoms. The number of hydrogen-bond donors (Lipinski definition) is 1. The number of H-pyrrole nitrogens is 1. The fourth-order valence-electron chi connectivity index (χ4n) is 8.06. The van der Waals surface area contributed by atoms with Gasteiger partial charge in [-0.15, -0.1) is 0 Å². The van der Waals surface area contributed by atoms with Gasteiger partial charge in [0.25, 0.3) is 0 Å². The second kappa shape index (κ2) is 9.76. The summed E-state index contributed by atoms with van der Waals surface area (Å²) in [7, 11) is 0. The molecular weight excluding hydrogens is 468 g/mol. The Hall–Kier alpha value is -2.34.